The lowest BCUT2D eigenvalue weighted by Gasteiger charge is -2.19. The normalized spacial score (nSPS) is 11.3. The molecule has 1 heterocycles. The Kier molecular flexibility index (Phi) is 5.92. The minimum atomic E-state index is -0.799. The zero-order chi connectivity index (χ0) is 21.0. The second-order valence-electron chi connectivity index (χ2n) is 7.66. The van der Waals surface area contributed by atoms with Crippen molar-refractivity contribution < 1.29 is 23.4 Å². The van der Waals surface area contributed by atoms with Crippen molar-refractivity contribution >= 4 is 17.1 Å². The number of ether oxygens (including phenoxy) is 3. The summed E-state index contributed by atoms with van der Waals surface area (Å²) in [6.07, 6.45) is 1.15. The predicted octanol–water partition coefficient (Wildman–Crippen LogP) is 5.81. The van der Waals surface area contributed by atoms with Gasteiger partial charge in [-0.2, -0.15) is 0 Å². The Morgan fingerprint density at radius 1 is 1.03 bits per heavy atom. The standard InChI is InChI=1S/C23H24O6/c1-5-12-26-22(25)29-17-10-11-18-19(13-17)27-14-20(21(18)24)28-16-8-6-15(7-9-16)23(2,3)4/h6-11,13-14H,5,12H2,1-4H3. The van der Waals surface area contributed by atoms with Crippen molar-refractivity contribution in [2.24, 2.45) is 0 Å². The van der Waals surface area contributed by atoms with E-state index in [0.29, 0.717) is 17.6 Å². The van der Waals surface area contributed by atoms with E-state index in [2.05, 4.69) is 20.8 Å². The van der Waals surface area contributed by atoms with E-state index in [-0.39, 0.29) is 34.5 Å². The highest BCUT2D eigenvalue weighted by Crippen LogP contribution is 2.27. The van der Waals surface area contributed by atoms with E-state index in [1.54, 1.807) is 0 Å². The van der Waals surface area contributed by atoms with Crippen LogP contribution in [0.3, 0.4) is 0 Å². The lowest BCUT2D eigenvalue weighted by atomic mass is 9.87. The molecule has 0 bridgehead atoms. The van der Waals surface area contributed by atoms with Crippen molar-refractivity contribution in [3.63, 3.8) is 0 Å². The van der Waals surface area contributed by atoms with E-state index in [0.717, 1.165) is 0 Å². The van der Waals surface area contributed by atoms with Gasteiger partial charge >= 0.3 is 6.16 Å². The quantitative estimate of drug-likeness (QED) is 0.400. The molecule has 0 amide bonds. The topological polar surface area (TPSA) is 75.0 Å². The van der Waals surface area contributed by atoms with Gasteiger partial charge in [-0.3, -0.25) is 4.79 Å². The molecule has 0 atom stereocenters. The van der Waals surface area contributed by atoms with Crippen LogP contribution in [0.25, 0.3) is 11.0 Å². The van der Waals surface area contributed by atoms with Crippen molar-refractivity contribution in [3.05, 3.63) is 64.5 Å². The molecular weight excluding hydrogens is 372 g/mol. The Hall–Kier alpha value is -3.28. The average molecular weight is 396 g/mol. The van der Waals surface area contributed by atoms with Crippen molar-refractivity contribution in [1.29, 1.82) is 0 Å². The van der Waals surface area contributed by atoms with Crippen LogP contribution in [-0.4, -0.2) is 12.8 Å². The number of benzene rings is 2. The third-order valence-electron chi connectivity index (χ3n) is 4.29. The third kappa shape index (κ3) is 4.96. The molecule has 2 aromatic carbocycles. The Bertz CT molecular complexity index is 1060. The van der Waals surface area contributed by atoms with Crippen molar-refractivity contribution in [2.75, 3.05) is 6.61 Å². The smallest absolute Gasteiger partial charge is 0.460 e. The molecule has 0 saturated carbocycles. The summed E-state index contributed by atoms with van der Waals surface area (Å²) in [5, 5.41) is 0.322. The van der Waals surface area contributed by atoms with Gasteiger partial charge in [0.05, 0.1) is 12.0 Å². The molecule has 0 N–H and O–H groups in total. The summed E-state index contributed by atoms with van der Waals surface area (Å²) in [5.41, 5.74) is 1.17. The Morgan fingerprint density at radius 2 is 1.72 bits per heavy atom. The first kappa shape index (κ1) is 20.5. The highest BCUT2D eigenvalue weighted by molar-refractivity contribution is 5.80. The highest BCUT2D eigenvalue weighted by atomic mass is 16.7. The first-order chi connectivity index (χ1) is 13.8. The van der Waals surface area contributed by atoms with E-state index < -0.39 is 6.16 Å². The maximum Gasteiger partial charge on any atom is 0.513 e. The fourth-order valence-electron chi connectivity index (χ4n) is 2.69. The van der Waals surface area contributed by atoms with Crippen LogP contribution in [0.5, 0.6) is 17.2 Å². The molecule has 0 radical (unpaired) electrons. The van der Waals surface area contributed by atoms with E-state index in [4.69, 9.17) is 18.6 Å². The van der Waals surface area contributed by atoms with Gasteiger partial charge in [-0.1, -0.05) is 39.8 Å². The van der Waals surface area contributed by atoms with Gasteiger partial charge in [0.2, 0.25) is 11.2 Å². The molecule has 0 spiro atoms. The molecule has 6 nitrogen and oxygen atoms in total. The number of carbonyl (C=O) groups excluding carboxylic acids is 1. The molecule has 3 rings (SSSR count). The van der Waals surface area contributed by atoms with Gasteiger partial charge < -0.3 is 18.6 Å². The number of hydrogen-bond acceptors (Lipinski definition) is 6. The van der Waals surface area contributed by atoms with Crippen molar-refractivity contribution in [1.82, 2.24) is 0 Å². The average Bonchev–Trinajstić information content (AvgIpc) is 2.68. The minimum absolute atomic E-state index is 0.0310. The molecule has 6 heteroatoms. The summed E-state index contributed by atoms with van der Waals surface area (Å²) in [7, 11) is 0. The van der Waals surface area contributed by atoms with Crippen LogP contribution in [0, 0.1) is 0 Å². The SMILES string of the molecule is CCCOC(=O)Oc1ccc2c(=O)c(Oc3ccc(C(C)(C)C)cc3)coc2c1. The van der Waals surface area contributed by atoms with Gasteiger partial charge in [0.25, 0.3) is 0 Å². The summed E-state index contributed by atoms with van der Waals surface area (Å²) < 4.78 is 21.2. The summed E-state index contributed by atoms with van der Waals surface area (Å²) in [6.45, 7) is 8.54. The summed E-state index contributed by atoms with van der Waals surface area (Å²) in [5.74, 6) is 0.855. The van der Waals surface area contributed by atoms with Crippen LogP contribution in [0.15, 0.2) is 57.9 Å². The maximum absolute atomic E-state index is 12.7. The predicted molar refractivity (Wildman–Crippen MR) is 110 cm³/mol. The highest BCUT2D eigenvalue weighted by Gasteiger charge is 2.15. The molecule has 29 heavy (non-hydrogen) atoms. The monoisotopic (exact) mass is 396 g/mol. The number of rotatable bonds is 5. The van der Waals surface area contributed by atoms with Gasteiger partial charge in [0.1, 0.15) is 23.3 Å². The van der Waals surface area contributed by atoms with Crippen LogP contribution in [0.1, 0.15) is 39.7 Å². The van der Waals surface area contributed by atoms with Gasteiger partial charge in [0, 0.05) is 6.07 Å². The molecule has 0 aliphatic heterocycles. The van der Waals surface area contributed by atoms with Gasteiger partial charge in [-0.25, -0.2) is 4.79 Å². The van der Waals surface area contributed by atoms with E-state index in [1.165, 1.54) is 30.0 Å². The third-order valence-corrected chi connectivity index (χ3v) is 4.29. The molecule has 1 aromatic heterocycles. The molecule has 0 unspecified atom stereocenters. The van der Waals surface area contributed by atoms with E-state index >= 15 is 0 Å². The molecule has 3 aromatic rings. The van der Waals surface area contributed by atoms with Gasteiger partial charge in [-0.05, 0) is 41.7 Å². The lowest BCUT2D eigenvalue weighted by molar-refractivity contribution is 0.0992. The largest absolute Gasteiger partial charge is 0.513 e. The van der Waals surface area contributed by atoms with Crippen molar-refractivity contribution in [3.8, 4) is 17.2 Å². The fourth-order valence-corrected chi connectivity index (χ4v) is 2.69. The molecule has 0 aliphatic carbocycles. The summed E-state index contributed by atoms with van der Waals surface area (Å²) >= 11 is 0. The van der Waals surface area contributed by atoms with Crippen LogP contribution in [0.2, 0.25) is 0 Å². The molecule has 152 valence electrons. The Labute approximate surface area is 169 Å². The van der Waals surface area contributed by atoms with E-state index in [9.17, 15) is 9.59 Å². The fraction of sp³-hybridized carbons (Fsp3) is 0.304. The van der Waals surface area contributed by atoms with Crippen molar-refractivity contribution in [2.45, 2.75) is 39.5 Å². The minimum Gasteiger partial charge on any atom is -0.460 e. The Balaban J connectivity index is 1.80. The lowest BCUT2D eigenvalue weighted by Crippen LogP contribution is -2.11. The van der Waals surface area contributed by atoms with E-state index in [1.807, 2.05) is 31.2 Å². The molecule has 0 saturated heterocycles. The first-order valence-corrected chi connectivity index (χ1v) is 9.46. The second-order valence-corrected chi connectivity index (χ2v) is 7.66. The second kappa shape index (κ2) is 8.39. The molecule has 0 fully saturated rings. The van der Waals surface area contributed by atoms with Crippen LogP contribution in [-0.2, 0) is 10.2 Å². The zero-order valence-electron chi connectivity index (χ0n) is 17.0. The number of carbonyl (C=O) groups is 1. The number of fused-ring (bicyclic) bond motifs is 1. The van der Waals surface area contributed by atoms with Gasteiger partial charge in [-0.15, -0.1) is 0 Å². The van der Waals surface area contributed by atoms with Crippen LogP contribution in [0.4, 0.5) is 4.79 Å². The molecular formula is C23H24O6. The maximum atomic E-state index is 12.7. The van der Waals surface area contributed by atoms with Gasteiger partial charge in [0.15, 0.2) is 0 Å². The summed E-state index contributed by atoms with van der Waals surface area (Å²) in [4.78, 5) is 24.3. The first-order valence-electron chi connectivity index (χ1n) is 9.46. The van der Waals surface area contributed by atoms with Crippen LogP contribution < -0.4 is 14.9 Å². The number of hydrogen-bond donors (Lipinski definition) is 0. The zero-order valence-corrected chi connectivity index (χ0v) is 17.0. The Morgan fingerprint density at radius 3 is 2.38 bits per heavy atom. The van der Waals surface area contributed by atoms with Crippen LogP contribution >= 0.6 is 0 Å². The summed E-state index contributed by atoms with van der Waals surface area (Å²) in [6, 6.07) is 12.1. The molecule has 0 aliphatic rings.